The van der Waals surface area contributed by atoms with E-state index in [-0.39, 0.29) is 6.10 Å². The summed E-state index contributed by atoms with van der Waals surface area (Å²) in [5, 5.41) is 0. The van der Waals surface area contributed by atoms with Gasteiger partial charge in [0.25, 0.3) is 0 Å². The minimum absolute atomic E-state index is 0.0430. The van der Waals surface area contributed by atoms with Crippen molar-refractivity contribution in [2.45, 2.75) is 26.4 Å². The lowest BCUT2D eigenvalue weighted by molar-refractivity contribution is -0.109. The van der Waals surface area contributed by atoms with Crippen LogP contribution in [0.2, 0.25) is 0 Å². The van der Waals surface area contributed by atoms with Gasteiger partial charge in [-0.1, -0.05) is 18.2 Å². The molecule has 1 aromatic carbocycles. The van der Waals surface area contributed by atoms with Crippen molar-refractivity contribution in [3.05, 3.63) is 29.8 Å². The third-order valence-corrected chi connectivity index (χ3v) is 1.85. The maximum Gasteiger partial charge on any atom is 0.123 e. The molecule has 0 spiro atoms. The molecule has 0 bridgehead atoms. The summed E-state index contributed by atoms with van der Waals surface area (Å²) in [4.78, 5) is 10.2. The van der Waals surface area contributed by atoms with Gasteiger partial charge in [-0.3, -0.25) is 0 Å². The summed E-state index contributed by atoms with van der Waals surface area (Å²) in [6, 6.07) is 7.79. The third kappa shape index (κ3) is 2.90. The maximum absolute atomic E-state index is 10.2. The zero-order chi connectivity index (χ0) is 9.68. The van der Waals surface area contributed by atoms with Crippen molar-refractivity contribution in [1.82, 2.24) is 0 Å². The Morgan fingerprint density at radius 3 is 2.77 bits per heavy atom. The molecule has 2 nitrogen and oxygen atoms in total. The molecule has 0 saturated carbocycles. The Hall–Kier alpha value is -1.31. The van der Waals surface area contributed by atoms with Gasteiger partial charge in [-0.05, 0) is 25.5 Å². The summed E-state index contributed by atoms with van der Waals surface area (Å²) in [5.74, 6) is 0.858. The van der Waals surface area contributed by atoms with E-state index in [2.05, 4.69) is 0 Å². The molecule has 0 aliphatic heterocycles. The van der Waals surface area contributed by atoms with Crippen molar-refractivity contribution in [1.29, 1.82) is 0 Å². The van der Waals surface area contributed by atoms with E-state index in [0.29, 0.717) is 6.42 Å². The van der Waals surface area contributed by atoms with Gasteiger partial charge in [-0.25, -0.2) is 0 Å². The van der Waals surface area contributed by atoms with Gasteiger partial charge in [0.15, 0.2) is 0 Å². The molecule has 1 unspecified atom stereocenters. The van der Waals surface area contributed by atoms with Crippen molar-refractivity contribution in [3.63, 3.8) is 0 Å². The minimum atomic E-state index is -0.0430. The van der Waals surface area contributed by atoms with Gasteiger partial charge in [-0.2, -0.15) is 0 Å². The maximum atomic E-state index is 10.2. The molecule has 1 atom stereocenters. The second kappa shape index (κ2) is 4.65. The monoisotopic (exact) mass is 178 g/mol. The molecule has 13 heavy (non-hydrogen) atoms. The van der Waals surface area contributed by atoms with E-state index in [4.69, 9.17) is 4.74 Å². The largest absolute Gasteiger partial charge is 0.490 e. The van der Waals surface area contributed by atoms with Gasteiger partial charge >= 0.3 is 0 Å². The quantitative estimate of drug-likeness (QED) is 0.661. The van der Waals surface area contributed by atoms with Crippen LogP contribution in [0, 0.1) is 6.92 Å². The Morgan fingerprint density at radius 1 is 1.46 bits per heavy atom. The van der Waals surface area contributed by atoms with Gasteiger partial charge in [0, 0.05) is 6.42 Å². The molecule has 0 aliphatic carbocycles. The van der Waals surface area contributed by atoms with Crippen molar-refractivity contribution in [2.75, 3.05) is 0 Å². The molecule has 0 heterocycles. The second-order valence-corrected chi connectivity index (χ2v) is 3.10. The summed E-state index contributed by atoms with van der Waals surface area (Å²) < 4.78 is 5.55. The lowest BCUT2D eigenvalue weighted by Gasteiger charge is -2.13. The fraction of sp³-hybridized carbons (Fsp3) is 0.364. The van der Waals surface area contributed by atoms with E-state index < -0.39 is 0 Å². The number of aldehydes is 1. The molecule has 0 radical (unpaired) electrons. The van der Waals surface area contributed by atoms with Crippen LogP contribution in [0.4, 0.5) is 0 Å². The topological polar surface area (TPSA) is 26.3 Å². The van der Waals surface area contributed by atoms with Gasteiger partial charge in [0.1, 0.15) is 18.1 Å². The smallest absolute Gasteiger partial charge is 0.123 e. The predicted molar refractivity (Wildman–Crippen MR) is 52.0 cm³/mol. The highest BCUT2D eigenvalue weighted by Crippen LogP contribution is 2.18. The summed E-state index contributed by atoms with van der Waals surface area (Å²) in [7, 11) is 0. The van der Waals surface area contributed by atoms with E-state index in [1.807, 2.05) is 38.1 Å². The van der Waals surface area contributed by atoms with Crippen LogP contribution in [0.3, 0.4) is 0 Å². The highest BCUT2D eigenvalue weighted by molar-refractivity contribution is 5.50. The molecular weight excluding hydrogens is 164 g/mol. The number of aryl methyl sites for hydroxylation is 1. The fourth-order valence-electron chi connectivity index (χ4n) is 1.09. The Morgan fingerprint density at radius 2 is 2.15 bits per heavy atom. The molecule has 1 rings (SSSR count). The number of benzene rings is 1. The van der Waals surface area contributed by atoms with Crippen LogP contribution in [0.15, 0.2) is 24.3 Å². The normalized spacial score (nSPS) is 12.2. The van der Waals surface area contributed by atoms with E-state index in [0.717, 1.165) is 17.6 Å². The van der Waals surface area contributed by atoms with Crippen LogP contribution < -0.4 is 4.74 Å². The first-order chi connectivity index (χ1) is 6.24. The average Bonchev–Trinajstić information content (AvgIpc) is 2.09. The average molecular weight is 178 g/mol. The SMILES string of the molecule is Cc1ccccc1OC(C)CC=O. The summed E-state index contributed by atoms with van der Waals surface area (Å²) >= 11 is 0. The Labute approximate surface area is 78.5 Å². The van der Waals surface area contributed by atoms with Crippen LogP contribution in [-0.4, -0.2) is 12.4 Å². The molecule has 2 heteroatoms. The summed E-state index contributed by atoms with van der Waals surface area (Å²) in [6.45, 7) is 3.88. The second-order valence-electron chi connectivity index (χ2n) is 3.10. The first kappa shape index (κ1) is 9.78. The Balaban J connectivity index is 2.63. The lowest BCUT2D eigenvalue weighted by Crippen LogP contribution is -2.12. The first-order valence-electron chi connectivity index (χ1n) is 4.40. The van der Waals surface area contributed by atoms with Gasteiger partial charge < -0.3 is 9.53 Å². The van der Waals surface area contributed by atoms with Gasteiger partial charge in [0.2, 0.25) is 0 Å². The van der Waals surface area contributed by atoms with Crippen LogP contribution in [0.1, 0.15) is 18.9 Å². The van der Waals surface area contributed by atoms with Crippen LogP contribution in [-0.2, 0) is 4.79 Å². The summed E-state index contributed by atoms with van der Waals surface area (Å²) in [5.41, 5.74) is 1.10. The Kier molecular flexibility index (Phi) is 3.50. The number of rotatable bonds is 4. The Bertz CT molecular complexity index is 281. The van der Waals surface area contributed by atoms with Gasteiger partial charge in [-0.15, -0.1) is 0 Å². The molecule has 0 aliphatic rings. The van der Waals surface area contributed by atoms with E-state index in [9.17, 15) is 4.79 Å². The van der Waals surface area contributed by atoms with Gasteiger partial charge in [0.05, 0.1) is 0 Å². The van der Waals surface area contributed by atoms with E-state index in [1.165, 1.54) is 0 Å². The van der Waals surface area contributed by atoms with Crippen molar-refractivity contribution < 1.29 is 9.53 Å². The van der Waals surface area contributed by atoms with Crippen molar-refractivity contribution in [2.24, 2.45) is 0 Å². The molecule has 70 valence electrons. The standard InChI is InChI=1S/C11H14O2/c1-9-5-3-4-6-11(9)13-10(2)7-8-12/h3-6,8,10H,7H2,1-2H3. The van der Waals surface area contributed by atoms with Crippen LogP contribution >= 0.6 is 0 Å². The molecule has 0 saturated heterocycles. The molecule has 0 amide bonds. The number of para-hydroxylation sites is 1. The molecular formula is C11H14O2. The lowest BCUT2D eigenvalue weighted by atomic mass is 10.2. The highest BCUT2D eigenvalue weighted by atomic mass is 16.5. The van der Waals surface area contributed by atoms with Crippen molar-refractivity contribution >= 4 is 6.29 Å². The zero-order valence-corrected chi connectivity index (χ0v) is 7.99. The van der Waals surface area contributed by atoms with Crippen LogP contribution in [0.5, 0.6) is 5.75 Å². The first-order valence-corrected chi connectivity index (χ1v) is 4.40. The third-order valence-electron chi connectivity index (χ3n) is 1.85. The van der Waals surface area contributed by atoms with Crippen LogP contribution in [0.25, 0.3) is 0 Å². The molecule has 0 N–H and O–H groups in total. The van der Waals surface area contributed by atoms with E-state index in [1.54, 1.807) is 0 Å². The predicted octanol–water partition coefficient (Wildman–Crippen LogP) is 2.35. The zero-order valence-electron chi connectivity index (χ0n) is 7.99. The highest BCUT2D eigenvalue weighted by Gasteiger charge is 2.04. The van der Waals surface area contributed by atoms with E-state index >= 15 is 0 Å². The van der Waals surface area contributed by atoms with Crippen molar-refractivity contribution in [3.8, 4) is 5.75 Å². The molecule has 0 aromatic heterocycles. The number of hydrogen-bond acceptors (Lipinski definition) is 2. The number of hydrogen-bond donors (Lipinski definition) is 0. The number of carbonyl (C=O) groups excluding carboxylic acids is 1. The summed E-state index contributed by atoms with van der Waals surface area (Å²) in [6.07, 6.45) is 1.27. The number of ether oxygens (including phenoxy) is 1. The molecule has 1 aromatic rings. The fourth-order valence-corrected chi connectivity index (χ4v) is 1.09. The number of carbonyl (C=O) groups is 1. The minimum Gasteiger partial charge on any atom is -0.490 e. The molecule has 0 fully saturated rings.